The molecule has 0 aliphatic rings. The topological polar surface area (TPSA) is 92.1 Å². The number of hydrogen-bond acceptors (Lipinski definition) is 5. The molecule has 2 rings (SSSR count). The minimum atomic E-state index is -1.01. The summed E-state index contributed by atoms with van der Waals surface area (Å²) < 4.78 is 22.9. The minimum absolute atomic E-state index is 0.129. The number of thiophene rings is 1. The normalized spacial score (nSPS) is 12.8. The van der Waals surface area contributed by atoms with E-state index in [1.165, 1.54) is 22.2 Å². The van der Waals surface area contributed by atoms with E-state index < -0.39 is 17.3 Å². The predicted octanol–water partition coefficient (Wildman–Crippen LogP) is 3.28. The second-order valence-electron chi connectivity index (χ2n) is 6.71. The maximum Gasteiger partial charge on any atom is 0.404 e. The first-order valence-electron chi connectivity index (χ1n) is 7.73. The summed E-state index contributed by atoms with van der Waals surface area (Å²) in [6.07, 6.45) is 0.391. The van der Waals surface area contributed by atoms with Gasteiger partial charge in [-0.1, -0.05) is 20.8 Å². The Hall–Kier alpha value is -1.94. The summed E-state index contributed by atoms with van der Waals surface area (Å²) in [6, 6.07) is 1.92. The number of nitrogens with two attached hydrogens (primary N) is 1. The predicted molar refractivity (Wildman–Crippen MR) is 101 cm³/mol. The highest BCUT2D eigenvalue weighted by molar-refractivity contribution is 9.10. The lowest BCUT2D eigenvalue weighted by molar-refractivity contribution is 0.163. The smallest absolute Gasteiger partial charge is 0.404 e. The van der Waals surface area contributed by atoms with Gasteiger partial charge in [-0.2, -0.15) is 5.10 Å². The molecule has 26 heavy (non-hydrogen) atoms. The molecule has 1 amide bonds. The molecule has 0 atom stereocenters. The molecule has 0 aromatic carbocycles. The summed E-state index contributed by atoms with van der Waals surface area (Å²) in [5, 5.41) is 5.96. The van der Waals surface area contributed by atoms with Crippen LogP contribution in [0.25, 0.3) is 0 Å². The first kappa shape index (κ1) is 20.4. The summed E-state index contributed by atoms with van der Waals surface area (Å²) in [6.45, 7) is 4.95. The van der Waals surface area contributed by atoms with E-state index in [1.807, 2.05) is 11.4 Å². The average molecular weight is 447 g/mol. The molecule has 2 N–H and O–H groups in total. The fourth-order valence-corrected chi connectivity index (χ4v) is 3.69. The summed E-state index contributed by atoms with van der Waals surface area (Å²) in [4.78, 5) is 24.4. The van der Waals surface area contributed by atoms with Gasteiger partial charge in [0.25, 0.3) is 0 Å². The number of carbonyl (C=O) groups excluding carboxylic acids is 1. The van der Waals surface area contributed by atoms with Crippen molar-refractivity contribution >= 4 is 33.4 Å². The van der Waals surface area contributed by atoms with Crippen LogP contribution >= 0.6 is 27.3 Å². The van der Waals surface area contributed by atoms with Crippen LogP contribution in [0.2, 0.25) is 0 Å². The summed E-state index contributed by atoms with van der Waals surface area (Å²) in [5.41, 5.74) is 3.93. The second-order valence-corrected chi connectivity index (χ2v) is 8.62. The molecule has 0 aliphatic heterocycles. The van der Waals surface area contributed by atoms with Crippen molar-refractivity contribution in [2.45, 2.75) is 33.9 Å². The Kier molecular flexibility index (Phi) is 6.40. The van der Waals surface area contributed by atoms with Crippen LogP contribution in [0.3, 0.4) is 0 Å². The lowest BCUT2D eigenvalue weighted by Gasteiger charge is -2.20. The summed E-state index contributed by atoms with van der Waals surface area (Å²) >= 11 is 4.88. The molecule has 0 saturated carbocycles. The molecular weight excluding hydrogens is 427 g/mol. The van der Waals surface area contributed by atoms with Gasteiger partial charge in [-0.25, -0.2) is 18.7 Å². The van der Waals surface area contributed by atoms with Gasteiger partial charge in [-0.15, -0.1) is 11.3 Å². The number of ether oxygens (including phenoxy) is 1. The minimum Gasteiger partial charge on any atom is -0.445 e. The third-order valence-electron chi connectivity index (χ3n) is 3.44. The van der Waals surface area contributed by atoms with E-state index in [9.17, 15) is 14.0 Å². The van der Waals surface area contributed by atoms with Gasteiger partial charge < -0.3 is 10.5 Å². The van der Waals surface area contributed by atoms with E-state index in [1.54, 1.807) is 20.8 Å². The van der Waals surface area contributed by atoms with Gasteiger partial charge in [0.1, 0.15) is 18.8 Å². The fraction of sp³-hybridized carbons (Fsp3) is 0.438. The number of primary amides is 1. The first-order chi connectivity index (χ1) is 12.1. The number of aromatic nitrogens is 3. The molecule has 0 bridgehead atoms. The number of nitrogens with zero attached hydrogens (tertiary/aromatic N) is 3. The zero-order valence-electron chi connectivity index (χ0n) is 14.7. The third-order valence-corrected chi connectivity index (χ3v) is 5.13. The Morgan fingerprint density at radius 2 is 2.15 bits per heavy atom. The van der Waals surface area contributed by atoms with Crippen LogP contribution in [0, 0.1) is 5.41 Å². The standard InChI is InChI=1S/C16H20BrFN4O3S/c1-16(2,3)13(18)10(7-25-14(19)23)5-22-15(24)21(9-20-22)6-12-4-11(17)8-26-12/h4,8-9H,5-7H2,1-3H3,(H2,19,23)/b13-10+. The lowest BCUT2D eigenvalue weighted by Crippen LogP contribution is -2.28. The van der Waals surface area contributed by atoms with E-state index in [0.717, 1.165) is 14.0 Å². The van der Waals surface area contributed by atoms with Crippen LogP contribution in [0.1, 0.15) is 25.6 Å². The Morgan fingerprint density at radius 1 is 1.46 bits per heavy atom. The molecule has 0 unspecified atom stereocenters. The van der Waals surface area contributed by atoms with Crippen molar-refractivity contribution in [2.75, 3.05) is 6.61 Å². The van der Waals surface area contributed by atoms with E-state index in [2.05, 4.69) is 21.0 Å². The van der Waals surface area contributed by atoms with Crippen molar-refractivity contribution in [1.82, 2.24) is 14.3 Å². The van der Waals surface area contributed by atoms with E-state index in [0.29, 0.717) is 6.54 Å². The molecule has 0 spiro atoms. The van der Waals surface area contributed by atoms with Crippen molar-refractivity contribution in [2.24, 2.45) is 11.1 Å². The number of amides is 1. The molecule has 2 aromatic rings. The van der Waals surface area contributed by atoms with Crippen LogP contribution in [0.4, 0.5) is 9.18 Å². The quantitative estimate of drug-likeness (QED) is 0.736. The highest BCUT2D eigenvalue weighted by Gasteiger charge is 2.23. The van der Waals surface area contributed by atoms with Crippen LogP contribution in [-0.4, -0.2) is 27.0 Å². The molecule has 0 saturated heterocycles. The third kappa shape index (κ3) is 5.28. The summed E-state index contributed by atoms with van der Waals surface area (Å²) in [5.74, 6) is -0.470. The number of rotatable bonds is 6. The zero-order valence-corrected chi connectivity index (χ0v) is 17.1. The summed E-state index contributed by atoms with van der Waals surface area (Å²) in [7, 11) is 0. The Balaban J connectivity index is 2.25. The van der Waals surface area contributed by atoms with Crippen LogP contribution in [0.5, 0.6) is 0 Å². The van der Waals surface area contributed by atoms with E-state index in [-0.39, 0.29) is 24.4 Å². The molecule has 0 radical (unpaired) electrons. The SMILES string of the molecule is CC(C)(C)/C(F)=C(\COC(N)=O)Cn1ncn(Cc2cc(Br)cs2)c1=O. The van der Waals surface area contributed by atoms with Crippen molar-refractivity contribution in [3.8, 4) is 0 Å². The Bertz CT molecular complexity index is 879. The molecule has 2 heterocycles. The van der Waals surface area contributed by atoms with E-state index >= 15 is 0 Å². The molecular formula is C16H20BrFN4O3S. The van der Waals surface area contributed by atoms with Crippen molar-refractivity contribution in [3.63, 3.8) is 0 Å². The van der Waals surface area contributed by atoms with Gasteiger partial charge in [0.2, 0.25) is 0 Å². The zero-order chi connectivity index (χ0) is 19.5. The largest absolute Gasteiger partial charge is 0.445 e. The van der Waals surface area contributed by atoms with Gasteiger partial charge in [-0.3, -0.25) is 4.57 Å². The van der Waals surface area contributed by atoms with Gasteiger partial charge in [0, 0.05) is 25.7 Å². The van der Waals surface area contributed by atoms with Crippen LogP contribution < -0.4 is 11.4 Å². The first-order valence-corrected chi connectivity index (χ1v) is 9.40. The number of hydrogen-bond donors (Lipinski definition) is 1. The molecule has 0 aliphatic carbocycles. The molecule has 10 heteroatoms. The molecule has 0 fully saturated rings. The lowest BCUT2D eigenvalue weighted by atomic mass is 9.92. The Labute approximate surface area is 162 Å². The van der Waals surface area contributed by atoms with Crippen LogP contribution in [0.15, 0.2) is 38.4 Å². The van der Waals surface area contributed by atoms with Gasteiger partial charge >= 0.3 is 11.8 Å². The fourth-order valence-electron chi connectivity index (χ4n) is 2.24. The number of carbonyl (C=O) groups is 1. The molecule has 142 valence electrons. The maximum atomic E-state index is 14.7. The highest BCUT2D eigenvalue weighted by atomic mass is 79.9. The number of halogens is 2. The van der Waals surface area contributed by atoms with Crippen LogP contribution in [-0.2, 0) is 17.8 Å². The molecule has 2 aromatic heterocycles. The molecule has 7 nitrogen and oxygen atoms in total. The van der Waals surface area contributed by atoms with Crippen molar-refractivity contribution in [3.05, 3.63) is 49.0 Å². The van der Waals surface area contributed by atoms with Crippen molar-refractivity contribution in [1.29, 1.82) is 0 Å². The van der Waals surface area contributed by atoms with E-state index in [4.69, 9.17) is 10.5 Å². The number of allylic oxidation sites excluding steroid dienone is 1. The monoisotopic (exact) mass is 446 g/mol. The maximum absolute atomic E-state index is 14.7. The second kappa shape index (κ2) is 8.17. The Morgan fingerprint density at radius 3 is 2.69 bits per heavy atom. The van der Waals surface area contributed by atoms with Gasteiger partial charge in [-0.05, 0) is 22.0 Å². The highest BCUT2D eigenvalue weighted by Crippen LogP contribution is 2.29. The van der Waals surface area contributed by atoms with Gasteiger partial charge in [0.15, 0.2) is 0 Å². The van der Waals surface area contributed by atoms with Crippen molar-refractivity contribution < 1.29 is 13.9 Å². The average Bonchev–Trinajstić information content (AvgIpc) is 3.09. The van der Waals surface area contributed by atoms with Gasteiger partial charge in [0.05, 0.1) is 13.1 Å².